The Kier molecular flexibility index (Phi) is 5.84. The molecule has 0 aromatic heterocycles. The van der Waals surface area contributed by atoms with Crippen molar-refractivity contribution in [3.63, 3.8) is 0 Å². The second kappa shape index (κ2) is 6.61. The number of nitrogens with zero attached hydrogens (tertiary/aromatic N) is 1. The van der Waals surface area contributed by atoms with E-state index in [1.807, 2.05) is 6.07 Å². The second-order valence-electron chi connectivity index (χ2n) is 4.70. The Bertz CT molecular complexity index is 444. The van der Waals surface area contributed by atoms with Gasteiger partial charge in [0.2, 0.25) is 0 Å². The lowest BCUT2D eigenvalue weighted by molar-refractivity contribution is -0.149. The minimum absolute atomic E-state index is 0.249. The van der Waals surface area contributed by atoms with E-state index in [0.29, 0.717) is 5.57 Å². The Morgan fingerprint density at radius 1 is 1.28 bits per heavy atom. The fourth-order valence-corrected chi connectivity index (χ4v) is 1.06. The van der Waals surface area contributed by atoms with Gasteiger partial charge in [0.1, 0.15) is 5.60 Å². The third-order valence-electron chi connectivity index (χ3n) is 2.01. The quantitative estimate of drug-likeness (QED) is 0.330. The van der Waals surface area contributed by atoms with Crippen LogP contribution in [0.2, 0.25) is 0 Å². The van der Waals surface area contributed by atoms with Crippen LogP contribution < -0.4 is 0 Å². The first-order valence-corrected chi connectivity index (χ1v) is 5.56. The molecular weight excluding hydrogens is 226 g/mol. The number of carbonyl (C=O) groups is 1. The predicted molar refractivity (Wildman–Crippen MR) is 72.6 cm³/mol. The number of esters is 1. The highest BCUT2D eigenvalue weighted by molar-refractivity contribution is 5.90. The molecule has 0 aliphatic carbocycles. The summed E-state index contributed by atoms with van der Waals surface area (Å²) >= 11 is 0. The van der Waals surface area contributed by atoms with Gasteiger partial charge < -0.3 is 4.74 Å². The second-order valence-corrected chi connectivity index (χ2v) is 4.70. The molecular formula is C15H19NO2. The van der Waals surface area contributed by atoms with Crippen LogP contribution in [0.25, 0.3) is 0 Å². The molecule has 0 atom stereocenters. The molecule has 18 heavy (non-hydrogen) atoms. The van der Waals surface area contributed by atoms with E-state index in [9.17, 15) is 4.79 Å². The molecule has 0 saturated heterocycles. The van der Waals surface area contributed by atoms with Gasteiger partial charge in [-0.1, -0.05) is 25.3 Å². The highest BCUT2D eigenvalue weighted by Crippen LogP contribution is 2.15. The van der Waals surface area contributed by atoms with E-state index in [1.54, 1.807) is 45.9 Å². The minimum atomic E-state index is -0.581. The van der Waals surface area contributed by atoms with Gasteiger partial charge in [0.15, 0.2) is 0 Å². The van der Waals surface area contributed by atoms with E-state index < -0.39 is 11.6 Å². The number of hydrogen-bond donors (Lipinski definition) is 0. The third-order valence-corrected chi connectivity index (χ3v) is 2.01. The zero-order chi connectivity index (χ0) is 14.3. The maximum atomic E-state index is 11.8. The van der Waals surface area contributed by atoms with Gasteiger partial charge in [0.25, 0.3) is 0 Å². The first kappa shape index (κ1) is 15.9. The topological polar surface area (TPSA) is 50.1 Å². The molecule has 0 saturated carbocycles. The molecule has 0 fully saturated rings. The maximum absolute atomic E-state index is 11.8. The van der Waals surface area contributed by atoms with Gasteiger partial charge in [-0.2, -0.15) is 5.26 Å². The van der Waals surface area contributed by atoms with Gasteiger partial charge in [0.05, 0.1) is 17.2 Å². The summed E-state index contributed by atoms with van der Waals surface area (Å²) in [6.45, 7) is 14.1. The number of allylic oxidation sites excluding steroid dienone is 5. The van der Waals surface area contributed by atoms with E-state index in [-0.39, 0.29) is 11.1 Å². The number of ether oxygens (including phenoxy) is 1. The van der Waals surface area contributed by atoms with Crippen molar-refractivity contribution >= 4 is 5.97 Å². The van der Waals surface area contributed by atoms with Crippen molar-refractivity contribution in [2.24, 2.45) is 0 Å². The molecule has 0 aromatic carbocycles. The SMILES string of the molecule is C=CC(C=C)=C/C(C#N)=C(\C)C(=O)OC(C)(C)C. The van der Waals surface area contributed by atoms with Crippen LogP contribution in [-0.2, 0) is 9.53 Å². The summed E-state index contributed by atoms with van der Waals surface area (Å²) in [6.07, 6.45) is 4.68. The number of carbonyl (C=O) groups excluding carboxylic acids is 1. The zero-order valence-corrected chi connectivity index (χ0v) is 11.4. The first-order valence-electron chi connectivity index (χ1n) is 5.56. The minimum Gasteiger partial charge on any atom is -0.457 e. The van der Waals surface area contributed by atoms with Crippen LogP contribution in [0.15, 0.2) is 48.1 Å². The Hall–Kier alpha value is -2.08. The normalized spacial score (nSPS) is 11.7. The van der Waals surface area contributed by atoms with Crippen LogP contribution in [0.4, 0.5) is 0 Å². The van der Waals surface area contributed by atoms with Crippen molar-refractivity contribution in [1.82, 2.24) is 0 Å². The van der Waals surface area contributed by atoms with Gasteiger partial charge in [-0.25, -0.2) is 4.79 Å². The van der Waals surface area contributed by atoms with Crippen LogP contribution >= 0.6 is 0 Å². The van der Waals surface area contributed by atoms with Crippen LogP contribution in [0.1, 0.15) is 27.7 Å². The van der Waals surface area contributed by atoms with E-state index in [0.717, 1.165) is 0 Å². The summed E-state index contributed by atoms with van der Waals surface area (Å²) in [5.41, 5.74) is 0.615. The molecule has 0 radical (unpaired) electrons. The monoisotopic (exact) mass is 245 g/mol. The predicted octanol–water partition coefficient (Wildman–Crippen LogP) is 3.47. The molecule has 3 nitrogen and oxygen atoms in total. The lowest BCUT2D eigenvalue weighted by Gasteiger charge is -2.19. The lowest BCUT2D eigenvalue weighted by atomic mass is 10.1. The van der Waals surface area contributed by atoms with Crippen molar-refractivity contribution < 1.29 is 9.53 Å². The highest BCUT2D eigenvalue weighted by atomic mass is 16.6. The molecule has 0 amide bonds. The van der Waals surface area contributed by atoms with Crippen molar-refractivity contribution in [3.8, 4) is 6.07 Å². The third kappa shape index (κ3) is 5.31. The number of rotatable bonds is 4. The van der Waals surface area contributed by atoms with Crippen molar-refractivity contribution in [1.29, 1.82) is 5.26 Å². The lowest BCUT2D eigenvalue weighted by Crippen LogP contribution is -2.24. The van der Waals surface area contributed by atoms with Gasteiger partial charge in [0, 0.05) is 0 Å². The Morgan fingerprint density at radius 3 is 2.11 bits per heavy atom. The zero-order valence-electron chi connectivity index (χ0n) is 11.4. The molecule has 0 heterocycles. The molecule has 0 unspecified atom stereocenters. The Balaban J connectivity index is 5.36. The summed E-state index contributed by atoms with van der Waals surface area (Å²) in [7, 11) is 0. The molecule has 0 bridgehead atoms. The molecule has 96 valence electrons. The van der Waals surface area contributed by atoms with Crippen LogP contribution in [0, 0.1) is 11.3 Å². The van der Waals surface area contributed by atoms with Crippen LogP contribution in [0.5, 0.6) is 0 Å². The van der Waals surface area contributed by atoms with Crippen LogP contribution in [0.3, 0.4) is 0 Å². The smallest absolute Gasteiger partial charge is 0.335 e. The average Bonchev–Trinajstić information content (AvgIpc) is 2.28. The van der Waals surface area contributed by atoms with Gasteiger partial charge in [-0.05, 0) is 39.3 Å². The van der Waals surface area contributed by atoms with Gasteiger partial charge in [-0.3, -0.25) is 0 Å². The standard InChI is InChI=1S/C15H19NO2/c1-7-12(8-2)9-13(10-16)11(3)14(17)18-15(4,5)6/h7-9H,1-2H2,3-6H3/b13-11-. The summed E-state index contributed by atoms with van der Waals surface area (Å²) < 4.78 is 5.20. The van der Waals surface area contributed by atoms with Crippen molar-refractivity contribution in [2.75, 3.05) is 0 Å². The summed E-state index contributed by atoms with van der Waals surface area (Å²) in [5.74, 6) is -0.497. The molecule has 0 rings (SSSR count). The molecule has 0 aromatic rings. The molecule has 0 spiro atoms. The van der Waals surface area contributed by atoms with Gasteiger partial charge in [-0.15, -0.1) is 0 Å². The summed E-state index contributed by atoms with van der Waals surface area (Å²) in [4.78, 5) is 11.8. The average molecular weight is 245 g/mol. The summed E-state index contributed by atoms with van der Waals surface area (Å²) in [6, 6.07) is 1.97. The van der Waals surface area contributed by atoms with E-state index in [4.69, 9.17) is 10.00 Å². The fraction of sp³-hybridized carbons (Fsp3) is 0.333. The number of hydrogen-bond acceptors (Lipinski definition) is 3. The largest absolute Gasteiger partial charge is 0.457 e. The van der Waals surface area contributed by atoms with Crippen LogP contribution in [-0.4, -0.2) is 11.6 Å². The fourth-order valence-electron chi connectivity index (χ4n) is 1.06. The molecule has 3 heteroatoms. The molecule has 0 aliphatic rings. The Morgan fingerprint density at radius 2 is 1.78 bits per heavy atom. The van der Waals surface area contributed by atoms with Crippen molar-refractivity contribution in [2.45, 2.75) is 33.3 Å². The Labute approximate surface area is 109 Å². The molecule has 0 N–H and O–H groups in total. The van der Waals surface area contributed by atoms with Crippen molar-refractivity contribution in [3.05, 3.63) is 48.1 Å². The van der Waals surface area contributed by atoms with E-state index in [2.05, 4.69) is 13.2 Å². The highest BCUT2D eigenvalue weighted by Gasteiger charge is 2.19. The molecule has 0 aliphatic heterocycles. The van der Waals surface area contributed by atoms with E-state index in [1.165, 1.54) is 0 Å². The maximum Gasteiger partial charge on any atom is 0.335 e. The summed E-state index contributed by atoms with van der Waals surface area (Å²) in [5, 5.41) is 9.05. The number of nitriles is 1. The van der Waals surface area contributed by atoms with E-state index >= 15 is 0 Å². The van der Waals surface area contributed by atoms with Gasteiger partial charge >= 0.3 is 5.97 Å². The first-order chi connectivity index (χ1) is 8.25.